The summed E-state index contributed by atoms with van der Waals surface area (Å²) in [5, 5.41) is 3.66. The fourth-order valence-corrected chi connectivity index (χ4v) is 3.82. The van der Waals surface area contributed by atoms with E-state index in [0.29, 0.717) is 6.04 Å². The Kier molecular flexibility index (Phi) is 4.80. The second-order valence-corrected chi connectivity index (χ2v) is 7.42. The van der Waals surface area contributed by atoms with Crippen molar-refractivity contribution in [3.63, 3.8) is 0 Å². The first-order valence-corrected chi connectivity index (χ1v) is 9.58. The summed E-state index contributed by atoms with van der Waals surface area (Å²) in [5.74, 6) is 1.68. The Morgan fingerprint density at radius 3 is 2.70 bits per heavy atom. The van der Waals surface area contributed by atoms with Crippen LogP contribution in [0.2, 0.25) is 0 Å². The molecule has 0 fully saturated rings. The molecule has 3 aromatic rings. The number of hydrogen-bond donors (Lipinski definition) is 1. The summed E-state index contributed by atoms with van der Waals surface area (Å²) in [4.78, 5) is 11.4. The minimum absolute atomic E-state index is 0.310. The first kappa shape index (κ1) is 17.5. The third-order valence-corrected chi connectivity index (χ3v) is 5.19. The van der Waals surface area contributed by atoms with Crippen molar-refractivity contribution < 1.29 is 0 Å². The van der Waals surface area contributed by atoms with E-state index in [1.807, 2.05) is 6.92 Å². The largest absolute Gasteiger partial charge is 0.378 e. The van der Waals surface area contributed by atoms with Crippen molar-refractivity contribution in [2.45, 2.75) is 32.2 Å². The maximum atomic E-state index is 4.67. The number of rotatable bonds is 4. The third kappa shape index (κ3) is 3.80. The van der Waals surface area contributed by atoms with Crippen LogP contribution in [0.15, 0.2) is 54.6 Å². The minimum atomic E-state index is 0.310. The Morgan fingerprint density at radius 2 is 1.85 bits per heavy atom. The van der Waals surface area contributed by atoms with Crippen LogP contribution >= 0.6 is 0 Å². The molecular formula is C23H26N4. The highest BCUT2D eigenvalue weighted by molar-refractivity contribution is 5.67. The van der Waals surface area contributed by atoms with Crippen LogP contribution in [-0.4, -0.2) is 24.1 Å². The molecule has 1 heterocycles. The molecule has 4 heteroatoms. The smallest absolute Gasteiger partial charge is 0.130 e. The molecule has 1 N–H and O–H groups in total. The van der Waals surface area contributed by atoms with Crippen molar-refractivity contribution in [3.8, 4) is 11.3 Å². The van der Waals surface area contributed by atoms with E-state index < -0.39 is 0 Å². The monoisotopic (exact) mass is 358 g/mol. The number of anilines is 2. The van der Waals surface area contributed by atoms with Crippen LogP contribution < -0.4 is 10.2 Å². The standard InChI is InChI=1S/C23H26N4/c1-16-24-22(18-10-6-11-19(14-18)27(2)3)15-23(25-16)26-21-13-7-9-17-8-4-5-12-20(17)21/h4-6,8,10-12,14-15,21H,7,9,13H2,1-3H3,(H,24,25,26)/t21-/m1/s1. The van der Waals surface area contributed by atoms with E-state index in [1.54, 1.807) is 0 Å². The molecule has 27 heavy (non-hydrogen) atoms. The van der Waals surface area contributed by atoms with E-state index in [0.717, 1.165) is 29.3 Å². The molecule has 0 aliphatic heterocycles. The van der Waals surface area contributed by atoms with Crippen LogP contribution in [0.5, 0.6) is 0 Å². The number of aromatic nitrogens is 2. The molecule has 0 spiro atoms. The first-order chi connectivity index (χ1) is 13.1. The Morgan fingerprint density at radius 1 is 1.00 bits per heavy atom. The predicted molar refractivity (Wildman–Crippen MR) is 112 cm³/mol. The van der Waals surface area contributed by atoms with Gasteiger partial charge in [-0.05, 0) is 49.4 Å². The molecule has 0 saturated heterocycles. The Labute approximate surface area is 161 Å². The average Bonchev–Trinajstić information content (AvgIpc) is 2.68. The fraction of sp³-hybridized carbons (Fsp3) is 0.304. The SMILES string of the molecule is Cc1nc(N[C@@H]2CCCc3ccccc32)cc(-c2cccc(N(C)C)c2)n1. The van der Waals surface area contributed by atoms with Gasteiger partial charge in [-0.3, -0.25) is 0 Å². The van der Waals surface area contributed by atoms with Gasteiger partial charge in [0, 0.05) is 31.4 Å². The summed E-state index contributed by atoms with van der Waals surface area (Å²) < 4.78 is 0. The molecule has 0 bridgehead atoms. The van der Waals surface area contributed by atoms with E-state index in [2.05, 4.69) is 88.9 Å². The second kappa shape index (κ2) is 7.39. The lowest BCUT2D eigenvalue weighted by Gasteiger charge is -2.27. The van der Waals surface area contributed by atoms with Gasteiger partial charge < -0.3 is 10.2 Å². The Bertz CT molecular complexity index is 949. The Balaban J connectivity index is 1.65. The number of nitrogens with one attached hydrogen (secondary N) is 1. The van der Waals surface area contributed by atoms with Crippen LogP contribution in [-0.2, 0) is 6.42 Å². The highest BCUT2D eigenvalue weighted by Gasteiger charge is 2.20. The minimum Gasteiger partial charge on any atom is -0.378 e. The van der Waals surface area contributed by atoms with Crippen molar-refractivity contribution in [3.05, 3.63) is 71.5 Å². The molecule has 4 rings (SSSR count). The lowest BCUT2D eigenvalue weighted by atomic mass is 9.88. The number of nitrogens with zero attached hydrogens (tertiary/aromatic N) is 3. The summed E-state index contributed by atoms with van der Waals surface area (Å²) in [6.45, 7) is 1.96. The quantitative estimate of drug-likeness (QED) is 0.712. The van der Waals surface area contributed by atoms with Gasteiger partial charge in [-0.1, -0.05) is 36.4 Å². The van der Waals surface area contributed by atoms with Gasteiger partial charge in [-0.2, -0.15) is 0 Å². The van der Waals surface area contributed by atoms with E-state index in [4.69, 9.17) is 0 Å². The summed E-state index contributed by atoms with van der Waals surface area (Å²) in [6.07, 6.45) is 3.50. The molecule has 1 aliphatic carbocycles. The van der Waals surface area contributed by atoms with Gasteiger partial charge >= 0.3 is 0 Å². The lowest BCUT2D eigenvalue weighted by molar-refractivity contribution is 0.598. The van der Waals surface area contributed by atoms with Crippen molar-refractivity contribution >= 4 is 11.5 Å². The first-order valence-electron chi connectivity index (χ1n) is 9.58. The maximum Gasteiger partial charge on any atom is 0.130 e. The summed E-state index contributed by atoms with van der Waals surface area (Å²) in [7, 11) is 4.11. The van der Waals surface area contributed by atoms with E-state index >= 15 is 0 Å². The van der Waals surface area contributed by atoms with Gasteiger partial charge in [0.05, 0.1) is 11.7 Å². The van der Waals surface area contributed by atoms with Crippen molar-refractivity contribution in [2.75, 3.05) is 24.3 Å². The third-order valence-electron chi connectivity index (χ3n) is 5.19. The highest BCUT2D eigenvalue weighted by atomic mass is 15.1. The molecule has 138 valence electrons. The number of hydrogen-bond acceptors (Lipinski definition) is 4. The van der Waals surface area contributed by atoms with Gasteiger partial charge in [0.15, 0.2) is 0 Å². The maximum absolute atomic E-state index is 4.67. The zero-order chi connectivity index (χ0) is 18.8. The normalized spacial score (nSPS) is 15.9. The van der Waals surface area contributed by atoms with Crippen LogP contribution in [0.3, 0.4) is 0 Å². The van der Waals surface area contributed by atoms with E-state index in [1.165, 1.54) is 29.7 Å². The molecule has 1 atom stereocenters. The summed E-state index contributed by atoms with van der Waals surface area (Å²) in [6, 6.07) is 19.6. The van der Waals surface area contributed by atoms with Crippen molar-refractivity contribution in [2.24, 2.45) is 0 Å². The van der Waals surface area contributed by atoms with Crippen molar-refractivity contribution in [1.82, 2.24) is 9.97 Å². The van der Waals surface area contributed by atoms with Crippen LogP contribution in [0, 0.1) is 6.92 Å². The molecular weight excluding hydrogens is 332 g/mol. The molecule has 0 unspecified atom stereocenters. The summed E-state index contributed by atoms with van der Waals surface area (Å²) >= 11 is 0. The van der Waals surface area contributed by atoms with Crippen molar-refractivity contribution in [1.29, 1.82) is 0 Å². The zero-order valence-electron chi connectivity index (χ0n) is 16.2. The topological polar surface area (TPSA) is 41.1 Å². The lowest BCUT2D eigenvalue weighted by Crippen LogP contribution is -2.18. The van der Waals surface area contributed by atoms with Crippen LogP contribution in [0.25, 0.3) is 11.3 Å². The average molecular weight is 358 g/mol. The van der Waals surface area contributed by atoms with Crippen LogP contribution in [0.1, 0.15) is 35.8 Å². The zero-order valence-corrected chi connectivity index (χ0v) is 16.2. The number of fused-ring (bicyclic) bond motifs is 1. The highest BCUT2D eigenvalue weighted by Crippen LogP contribution is 2.33. The molecule has 1 aromatic heterocycles. The van der Waals surface area contributed by atoms with Gasteiger partial charge in [-0.25, -0.2) is 9.97 Å². The van der Waals surface area contributed by atoms with Gasteiger partial charge in [-0.15, -0.1) is 0 Å². The number of benzene rings is 2. The van der Waals surface area contributed by atoms with Gasteiger partial charge in [0.25, 0.3) is 0 Å². The van der Waals surface area contributed by atoms with E-state index in [-0.39, 0.29) is 0 Å². The molecule has 2 aromatic carbocycles. The predicted octanol–water partition coefficient (Wildman–Crippen LogP) is 5.01. The molecule has 0 saturated carbocycles. The Hall–Kier alpha value is -2.88. The van der Waals surface area contributed by atoms with Gasteiger partial charge in [0.2, 0.25) is 0 Å². The number of aryl methyl sites for hydroxylation is 2. The molecule has 1 aliphatic rings. The van der Waals surface area contributed by atoms with Crippen LogP contribution in [0.4, 0.5) is 11.5 Å². The summed E-state index contributed by atoms with van der Waals surface area (Å²) in [5.41, 5.74) is 6.08. The molecule has 4 nitrogen and oxygen atoms in total. The molecule has 0 amide bonds. The van der Waals surface area contributed by atoms with Gasteiger partial charge in [0.1, 0.15) is 11.6 Å². The fourth-order valence-electron chi connectivity index (χ4n) is 3.82. The molecule has 0 radical (unpaired) electrons. The second-order valence-electron chi connectivity index (χ2n) is 7.42. The van der Waals surface area contributed by atoms with E-state index in [9.17, 15) is 0 Å².